The molecule has 3 aromatic carbocycles. The lowest BCUT2D eigenvalue weighted by atomic mass is 9.91. The zero-order valence-corrected chi connectivity index (χ0v) is 13.8. The summed E-state index contributed by atoms with van der Waals surface area (Å²) in [4.78, 5) is 0. The summed E-state index contributed by atoms with van der Waals surface area (Å²) in [5.41, 5.74) is 3.86. The second-order valence-corrected chi connectivity index (χ2v) is 6.06. The Kier molecular flexibility index (Phi) is 4.49. The zero-order valence-electron chi connectivity index (χ0n) is 13.0. The van der Waals surface area contributed by atoms with E-state index in [4.69, 9.17) is 11.6 Å². The summed E-state index contributed by atoms with van der Waals surface area (Å²) < 4.78 is 0. The normalized spacial score (nSPS) is 11.2. The molecule has 0 N–H and O–H groups in total. The molecule has 1 heteroatoms. The van der Waals surface area contributed by atoms with Gasteiger partial charge in [0.25, 0.3) is 0 Å². The van der Waals surface area contributed by atoms with E-state index in [0.717, 1.165) is 6.42 Å². The summed E-state index contributed by atoms with van der Waals surface area (Å²) in [6.45, 7) is 6.23. The first-order chi connectivity index (χ1) is 10.8. The van der Waals surface area contributed by atoms with E-state index in [-0.39, 0.29) is 0 Å². The summed E-state index contributed by atoms with van der Waals surface area (Å²) >= 11 is 6.31. The first-order valence-electron chi connectivity index (χ1n) is 7.94. The summed E-state index contributed by atoms with van der Waals surface area (Å²) in [5.74, 6) is 0.561. The molecule has 0 aliphatic rings. The van der Waals surface area contributed by atoms with Crippen LogP contribution in [0.3, 0.4) is 0 Å². The second-order valence-electron chi connectivity index (χ2n) is 5.79. The minimum Gasteiger partial charge on any atom is -0.122 e. The van der Waals surface area contributed by atoms with Gasteiger partial charge in [0.15, 0.2) is 0 Å². The number of rotatable bonds is 5. The Morgan fingerprint density at radius 2 is 1.73 bits per heavy atom. The molecule has 0 saturated heterocycles. The molecule has 0 atom stereocenters. The smallest absolute Gasteiger partial charge is 0.0482 e. The van der Waals surface area contributed by atoms with Crippen molar-refractivity contribution in [3.63, 3.8) is 0 Å². The van der Waals surface area contributed by atoms with Crippen molar-refractivity contribution in [2.45, 2.75) is 32.1 Å². The molecule has 0 heterocycles. The van der Waals surface area contributed by atoms with E-state index in [1.165, 1.54) is 51.1 Å². The maximum absolute atomic E-state index is 6.31. The van der Waals surface area contributed by atoms with Gasteiger partial charge in [0.1, 0.15) is 0 Å². The highest BCUT2D eigenvalue weighted by Crippen LogP contribution is 2.33. The minimum absolute atomic E-state index is 0.561. The standard InChI is InChI=1S/C21H21Cl/c1-3-5-8-18-11-15(4-2)19-12-16-9-6-7-10-17(16)13-20(19)21(18)14-22/h4,6-7,9-13H,2-3,5,8,14H2,1H3. The van der Waals surface area contributed by atoms with Gasteiger partial charge >= 0.3 is 0 Å². The lowest BCUT2D eigenvalue weighted by Gasteiger charge is -2.15. The Bertz CT molecular complexity index is 830. The predicted octanol–water partition coefficient (Wildman–Crippen LogP) is 6.72. The van der Waals surface area contributed by atoms with Gasteiger partial charge in [-0.25, -0.2) is 0 Å². The van der Waals surface area contributed by atoms with Crippen molar-refractivity contribution >= 4 is 39.2 Å². The highest BCUT2D eigenvalue weighted by atomic mass is 35.5. The van der Waals surface area contributed by atoms with E-state index in [1.807, 2.05) is 6.08 Å². The molecule has 0 aromatic heterocycles. The molecule has 22 heavy (non-hydrogen) atoms. The molecule has 0 radical (unpaired) electrons. The Hall–Kier alpha value is -1.79. The summed E-state index contributed by atoms with van der Waals surface area (Å²) in [6.07, 6.45) is 5.44. The van der Waals surface area contributed by atoms with Crippen LogP contribution in [0.2, 0.25) is 0 Å². The number of halogens is 1. The van der Waals surface area contributed by atoms with Gasteiger partial charge in [-0.15, -0.1) is 11.6 Å². The molecular weight excluding hydrogens is 288 g/mol. The van der Waals surface area contributed by atoms with Crippen molar-refractivity contribution in [3.05, 3.63) is 65.7 Å². The van der Waals surface area contributed by atoms with Crippen LogP contribution in [-0.4, -0.2) is 0 Å². The molecule has 0 amide bonds. The van der Waals surface area contributed by atoms with Crippen molar-refractivity contribution in [1.29, 1.82) is 0 Å². The van der Waals surface area contributed by atoms with E-state index in [1.54, 1.807) is 0 Å². The third-order valence-corrected chi connectivity index (χ3v) is 4.66. The van der Waals surface area contributed by atoms with Crippen LogP contribution in [0.15, 0.2) is 49.0 Å². The van der Waals surface area contributed by atoms with Gasteiger partial charge in [-0.3, -0.25) is 0 Å². The van der Waals surface area contributed by atoms with Crippen LogP contribution in [0.5, 0.6) is 0 Å². The van der Waals surface area contributed by atoms with Gasteiger partial charge < -0.3 is 0 Å². The van der Waals surface area contributed by atoms with Crippen LogP contribution < -0.4 is 0 Å². The molecule has 0 aliphatic heterocycles. The fourth-order valence-corrected chi connectivity index (χ4v) is 3.49. The summed E-state index contributed by atoms with van der Waals surface area (Å²) in [6, 6.07) is 15.3. The lowest BCUT2D eigenvalue weighted by Crippen LogP contribution is -1.96. The fraction of sp³-hybridized carbons (Fsp3) is 0.238. The molecule has 0 bridgehead atoms. The first-order valence-corrected chi connectivity index (χ1v) is 8.47. The van der Waals surface area contributed by atoms with Crippen molar-refractivity contribution in [2.75, 3.05) is 0 Å². The molecule has 0 nitrogen and oxygen atoms in total. The number of alkyl halides is 1. The molecule has 0 saturated carbocycles. The quantitative estimate of drug-likeness (QED) is 0.362. The Balaban J connectivity index is 2.35. The fourth-order valence-electron chi connectivity index (χ4n) is 3.17. The largest absolute Gasteiger partial charge is 0.122 e. The Labute approximate surface area is 137 Å². The van der Waals surface area contributed by atoms with Gasteiger partial charge in [-0.2, -0.15) is 0 Å². The topological polar surface area (TPSA) is 0 Å². The SMILES string of the molecule is C=Cc1cc(CCCC)c(CCl)c2cc3ccccc3cc12. The van der Waals surface area contributed by atoms with Crippen LogP contribution >= 0.6 is 11.6 Å². The number of hydrogen-bond donors (Lipinski definition) is 0. The van der Waals surface area contributed by atoms with Crippen molar-refractivity contribution < 1.29 is 0 Å². The van der Waals surface area contributed by atoms with Gasteiger partial charge in [-0.1, -0.05) is 56.3 Å². The summed E-state index contributed by atoms with van der Waals surface area (Å²) in [5, 5.41) is 5.06. The first kappa shape index (κ1) is 15.1. The molecular formula is C21H21Cl. The van der Waals surface area contributed by atoms with E-state index in [0.29, 0.717) is 5.88 Å². The molecule has 3 rings (SSSR count). The molecule has 3 aromatic rings. The minimum atomic E-state index is 0.561. The van der Waals surface area contributed by atoms with E-state index in [2.05, 4.69) is 56.0 Å². The molecule has 112 valence electrons. The van der Waals surface area contributed by atoms with Crippen molar-refractivity contribution in [2.24, 2.45) is 0 Å². The van der Waals surface area contributed by atoms with E-state index >= 15 is 0 Å². The van der Waals surface area contributed by atoms with Gasteiger partial charge in [0, 0.05) is 5.88 Å². The van der Waals surface area contributed by atoms with E-state index in [9.17, 15) is 0 Å². The highest BCUT2D eigenvalue weighted by Gasteiger charge is 2.11. The Morgan fingerprint density at radius 1 is 1.05 bits per heavy atom. The molecule has 0 fully saturated rings. The number of aryl methyl sites for hydroxylation is 1. The monoisotopic (exact) mass is 308 g/mol. The average molecular weight is 309 g/mol. The number of hydrogen-bond acceptors (Lipinski definition) is 0. The van der Waals surface area contributed by atoms with Gasteiger partial charge in [0.05, 0.1) is 0 Å². The Morgan fingerprint density at radius 3 is 2.32 bits per heavy atom. The molecule has 0 aliphatic carbocycles. The lowest BCUT2D eigenvalue weighted by molar-refractivity contribution is 0.791. The van der Waals surface area contributed by atoms with Crippen LogP contribution in [-0.2, 0) is 12.3 Å². The summed E-state index contributed by atoms with van der Waals surface area (Å²) in [7, 11) is 0. The number of benzene rings is 3. The maximum atomic E-state index is 6.31. The second kappa shape index (κ2) is 6.54. The van der Waals surface area contributed by atoms with E-state index < -0.39 is 0 Å². The third kappa shape index (κ3) is 2.64. The van der Waals surface area contributed by atoms with Gasteiger partial charge in [0.2, 0.25) is 0 Å². The zero-order chi connectivity index (χ0) is 15.5. The van der Waals surface area contributed by atoms with Crippen LogP contribution in [0.4, 0.5) is 0 Å². The predicted molar refractivity (Wildman–Crippen MR) is 99.7 cm³/mol. The number of unbranched alkanes of at least 4 members (excludes halogenated alkanes) is 1. The van der Waals surface area contributed by atoms with Gasteiger partial charge in [-0.05, 0) is 63.2 Å². The number of fused-ring (bicyclic) bond motifs is 2. The average Bonchev–Trinajstić information content (AvgIpc) is 2.57. The molecule has 0 spiro atoms. The van der Waals surface area contributed by atoms with Crippen LogP contribution in [0.25, 0.3) is 27.6 Å². The maximum Gasteiger partial charge on any atom is 0.0482 e. The van der Waals surface area contributed by atoms with Crippen LogP contribution in [0.1, 0.15) is 36.5 Å². The van der Waals surface area contributed by atoms with Crippen molar-refractivity contribution in [3.8, 4) is 0 Å². The molecule has 0 unspecified atom stereocenters. The van der Waals surface area contributed by atoms with Crippen LogP contribution in [0, 0.1) is 0 Å². The highest BCUT2D eigenvalue weighted by molar-refractivity contribution is 6.18. The third-order valence-electron chi connectivity index (χ3n) is 4.39. The van der Waals surface area contributed by atoms with Crippen molar-refractivity contribution in [1.82, 2.24) is 0 Å².